The molecule has 0 spiro atoms. The van der Waals surface area contributed by atoms with E-state index in [0.717, 1.165) is 19.4 Å². The van der Waals surface area contributed by atoms with E-state index < -0.39 is 0 Å². The molecule has 2 rings (SSSR count). The van der Waals surface area contributed by atoms with Gasteiger partial charge in [0.05, 0.1) is 20.3 Å². The number of hydrogen-bond donors (Lipinski definition) is 1. The third kappa shape index (κ3) is 3.01. The van der Waals surface area contributed by atoms with E-state index in [1.54, 1.807) is 20.3 Å². The molecule has 1 N–H and O–H groups in total. The minimum Gasteiger partial charge on any atom is -0.481 e. The molecule has 0 amide bonds. The van der Waals surface area contributed by atoms with E-state index in [2.05, 4.69) is 15.3 Å². The second-order valence-corrected chi connectivity index (χ2v) is 4.37. The molecule has 0 bridgehead atoms. The quantitative estimate of drug-likeness (QED) is 0.811. The third-order valence-corrected chi connectivity index (χ3v) is 3.03. The molecule has 1 saturated carbocycles. The molecule has 100 valence electrons. The van der Waals surface area contributed by atoms with Gasteiger partial charge in [0.25, 0.3) is 0 Å². The number of aromatic nitrogens is 2. The zero-order valence-corrected chi connectivity index (χ0v) is 11.0. The Morgan fingerprint density at radius 2 is 1.83 bits per heavy atom. The highest BCUT2D eigenvalue weighted by Crippen LogP contribution is 2.30. The van der Waals surface area contributed by atoms with Crippen molar-refractivity contribution in [3.63, 3.8) is 0 Å². The van der Waals surface area contributed by atoms with Crippen LogP contribution in [0.5, 0.6) is 17.8 Å². The topological polar surface area (TPSA) is 65.5 Å². The Morgan fingerprint density at radius 1 is 1.22 bits per heavy atom. The van der Waals surface area contributed by atoms with Crippen molar-refractivity contribution in [3.05, 3.63) is 6.07 Å². The van der Waals surface area contributed by atoms with Crippen molar-refractivity contribution >= 4 is 0 Å². The zero-order valence-electron chi connectivity index (χ0n) is 11.0. The zero-order chi connectivity index (χ0) is 13.0. The summed E-state index contributed by atoms with van der Waals surface area (Å²) in [5.41, 5.74) is 0. The summed E-state index contributed by atoms with van der Waals surface area (Å²) in [6, 6.07) is 1.94. The molecule has 0 radical (unpaired) electrons. The second-order valence-electron chi connectivity index (χ2n) is 4.37. The van der Waals surface area contributed by atoms with Gasteiger partial charge in [0, 0.05) is 0 Å². The van der Waals surface area contributed by atoms with Gasteiger partial charge in [-0.25, -0.2) is 0 Å². The van der Waals surface area contributed by atoms with Gasteiger partial charge >= 0.3 is 6.01 Å². The minimum atomic E-state index is 0.195. The standard InChI is InChI=1S/C12H19N3O3/c1-13-7-8-4-9(5-8)18-12-14-10(16-2)6-11(15-12)17-3/h6,8-9,13H,4-5,7H2,1-3H3. The van der Waals surface area contributed by atoms with E-state index >= 15 is 0 Å². The van der Waals surface area contributed by atoms with Gasteiger partial charge in [-0.15, -0.1) is 0 Å². The van der Waals surface area contributed by atoms with E-state index in [0.29, 0.717) is 23.7 Å². The number of ether oxygens (including phenoxy) is 3. The first-order chi connectivity index (χ1) is 8.75. The highest BCUT2D eigenvalue weighted by Gasteiger charge is 2.31. The van der Waals surface area contributed by atoms with Crippen molar-refractivity contribution in [2.45, 2.75) is 18.9 Å². The van der Waals surface area contributed by atoms with Gasteiger partial charge in [0.2, 0.25) is 11.8 Å². The van der Waals surface area contributed by atoms with Crippen LogP contribution in [0.15, 0.2) is 6.07 Å². The minimum absolute atomic E-state index is 0.195. The monoisotopic (exact) mass is 253 g/mol. The predicted octanol–water partition coefficient (Wildman–Crippen LogP) is 0.871. The Labute approximate surface area is 107 Å². The number of nitrogens with one attached hydrogen (secondary N) is 1. The van der Waals surface area contributed by atoms with Gasteiger partial charge in [-0.05, 0) is 32.4 Å². The fraction of sp³-hybridized carbons (Fsp3) is 0.667. The molecule has 1 aromatic heterocycles. The summed E-state index contributed by atoms with van der Waals surface area (Å²) in [6.07, 6.45) is 2.26. The maximum atomic E-state index is 5.70. The molecular formula is C12H19N3O3. The maximum absolute atomic E-state index is 5.70. The maximum Gasteiger partial charge on any atom is 0.323 e. The average molecular weight is 253 g/mol. The van der Waals surface area contributed by atoms with Gasteiger partial charge < -0.3 is 19.5 Å². The number of methoxy groups -OCH3 is 2. The Bertz CT molecular complexity index is 372. The number of nitrogens with zero attached hydrogens (tertiary/aromatic N) is 2. The van der Waals surface area contributed by atoms with Gasteiger partial charge in [-0.3, -0.25) is 0 Å². The summed E-state index contributed by atoms with van der Waals surface area (Å²) in [4.78, 5) is 8.28. The van der Waals surface area contributed by atoms with Crippen LogP contribution in [0, 0.1) is 5.92 Å². The Balaban J connectivity index is 1.93. The summed E-state index contributed by atoms with van der Waals surface area (Å²) in [6.45, 7) is 1.03. The van der Waals surface area contributed by atoms with Crippen molar-refractivity contribution in [1.82, 2.24) is 15.3 Å². The lowest BCUT2D eigenvalue weighted by atomic mass is 9.82. The van der Waals surface area contributed by atoms with Crippen LogP contribution in [0.2, 0.25) is 0 Å². The molecule has 6 heteroatoms. The lowest BCUT2D eigenvalue weighted by molar-refractivity contribution is 0.0561. The van der Waals surface area contributed by atoms with Gasteiger partial charge in [0.1, 0.15) is 6.10 Å². The Hall–Kier alpha value is -1.56. The van der Waals surface area contributed by atoms with Crippen LogP contribution >= 0.6 is 0 Å². The van der Waals surface area contributed by atoms with Gasteiger partial charge in [0.15, 0.2) is 0 Å². The fourth-order valence-corrected chi connectivity index (χ4v) is 2.02. The number of rotatable bonds is 6. The van der Waals surface area contributed by atoms with Crippen molar-refractivity contribution in [1.29, 1.82) is 0 Å². The van der Waals surface area contributed by atoms with E-state index in [-0.39, 0.29) is 6.10 Å². The van der Waals surface area contributed by atoms with E-state index in [9.17, 15) is 0 Å². The summed E-state index contributed by atoms with van der Waals surface area (Å²) >= 11 is 0. The van der Waals surface area contributed by atoms with Crippen LogP contribution in [-0.2, 0) is 0 Å². The van der Waals surface area contributed by atoms with E-state index in [4.69, 9.17) is 14.2 Å². The molecule has 0 aromatic carbocycles. The molecular weight excluding hydrogens is 234 g/mol. The fourth-order valence-electron chi connectivity index (χ4n) is 2.02. The highest BCUT2D eigenvalue weighted by atomic mass is 16.5. The molecule has 18 heavy (non-hydrogen) atoms. The molecule has 0 saturated heterocycles. The predicted molar refractivity (Wildman–Crippen MR) is 66.2 cm³/mol. The lowest BCUT2D eigenvalue weighted by Crippen LogP contribution is -2.39. The van der Waals surface area contributed by atoms with Crippen molar-refractivity contribution in [2.24, 2.45) is 5.92 Å². The molecule has 6 nitrogen and oxygen atoms in total. The Kier molecular flexibility index (Phi) is 4.19. The van der Waals surface area contributed by atoms with E-state index in [1.807, 2.05) is 7.05 Å². The summed E-state index contributed by atoms with van der Waals surface area (Å²) < 4.78 is 15.8. The highest BCUT2D eigenvalue weighted by molar-refractivity contribution is 5.23. The molecule has 0 unspecified atom stereocenters. The van der Waals surface area contributed by atoms with E-state index in [1.165, 1.54) is 0 Å². The van der Waals surface area contributed by atoms with Crippen molar-refractivity contribution < 1.29 is 14.2 Å². The molecule has 0 aliphatic heterocycles. The molecule has 1 fully saturated rings. The van der Waals surface area contributed by atoms with Crippen molar-refractivity contribution in [2.75, 3.05) is 27.8 Å². The second kappa shape index (κ2) is 5.86. The largest absolute Gasteiger partial charge is 0.481 e. The SMILES string of the molecule is CNCC1CC(Oc2nc(OC)cc(OC)n2)C1. The van der Waals surface area contributed by atoms with Gasteiger partial charge in [-0.2, -0.15) is 9.97 Å². The van der Waals surface area contributed by atoms with Crippen LogP contribution in [0.4, 0.5) is 0 Å². The molecule has 1 aliphatic carbocycles. The summed E-state index contributed by atoms with van der Waals surface area (Å²) in [5.74, 6) is 1.58. The smallest absolute Gasteiger partial charge is 0.323 e. The normalized spacial score (nSPS) is 22.2. The first kappa shape index (κ1) is 12.9. The average Bonchev–Trinajstić information content (AvgIpc) is 2.35. The van der Waals surface area contributed by atoms with Crippen LogP contribution in [0.1, 0.15) is 12.8 Å². The van der Waals surface area contributed by atoms with Crippen LogP contribution < -0.4 is 19.5 Å². The molecule has 0 atom stereocenters. The first-order valence-corrected chi connectivity index (χ1v) is 6.03. The first-order valence-electron chi connectivity index (χ1n) is 6.03. The van der Waals surface area contributed by atoms with Crippen LogP contribution in [0.25, 0.3) is 0 Å². The molecule has 1 aromatic rings. The lowest BCUT2D eigenvalue weighted by Gasteiger charge is -2.34. The van der Waals surface area contributed by atoms with Crippen LogP contribution in [-0.4, -0.2) is 43.9 Å². The van der Waals surface area contributed by atoms with Crippen LogP contribution in [0.3, 0.4) is 0 Å². The number of hydrogen-bond acceptors (Lipinski definition) is 6. The summed E-state index contributed by atoms with van der Waals surface area (Å²) in [7, 11) is 5.07. The van der Waals surface area contributed by atoms with Crippen molar-refractivity contribution in [3.8, 4) is 17.8 Å². The summed E-state index contributed by atoms with van der Waals surface area (Å²) in [5, 5.41) is 3.16. The Morgan fingerprint density at radius 3 is 2.33 bits per heavy atom. The van der Waals surface area contributed by atoms with Gasteiger partial charge in [-0.1, -0.05) is 0 Å². The molecule has 1 aliphatic rings. The third-order valence-electron chi connectivity index (χ3n) is 3.03. The molecule has 1 heterocycles.